The van der Waals surface area contributed by atoms with Crippen LogP contribution in [0.4, 0.5) is 0 Å². The molecule has 0 heterocycles. The molecule has 0 nitrogen and oxygen atoms in total. The average Bonchev–Trinajstić information content (AvgIpc) is 2.85. The molecule has 0 heteroatoms. The summed E-state index contributed by atoms with van der Waals surface area (Å²) < 4.78 is 0. The Balaban J connectivity index is 0.000000645. The third-order valence-corrected chi connectivity index (χ3v) is 5.55. The number of hydrogen-bond acceptors (Lipinski definition) is 0. The molecule has 0 radical (unpaired) electrons. The minimum absolute atomic E-state index is 0.580. The first kappa shape index (κ1) is 22.6. The van der Waals surface area contributed by atoms with E-state index in [1.54, 1.807) is 0 Å². The Morgan fingerprint density at radius 3 is 1.52 bits per heavy atom. The van der Waals surface area contributed by atoms with Gasteiger partial charge in [-0.05, 0) is 56.1 Å². The fraction of sp³-hybridized carbons (Fsp3) is 0.226. The first-order valence-electron chi connectivity index (χ1n) is 11.7. The van der Waals surface area contributed by atoms with E-state index in [-0.39, 0.29) is 0 Å². The van der Waals surface area contributed by atoms with E-state index in [1.165, 1.54) is 43.8 Å². The van der Waals surface area contributed by atoms with Gasteiger partial charge < -0.3 is 0 Å². The van der Waals surface area contributed by atoms with Crippen molar-refractivity contribution in [3.05, 3.63) is 103 Å². The van der Waals surface area contributed by atoms with Gasteiger partial charge in [0.25, 0.3) is 0 Å². The molecular weight excluding hydrogens is 372 g/mol. The van der Waals surface area contributed by atoms with Gasteiger partial charge in [0.1, 0.15) is 0 Å². The van der Waals surface area contributed by atoms with Gasteiger partial charge >= 0.3 is 0 Å². The van der Waals surface area contributed by atoms with Crippen LogP contribution in [0.3, 0.4) is 0 Å². The van der Waals surface area contributed by atoms with Gasteiger partial charge in [0.2, 0.25) is 0 Å². The zero-order valence-corrected chi connectivity index (χ0v) is 19.5. The minimum atomic E-state index is 0.580. The van der Waals surface area contributed by atoms with Crippen LogP contribution in [0.25, 0.3) is 38.2 Å². The zero-order valence-electron chi connectivity index (χ0n) is 19.5. The summed E-state index contributed by atoms with van der Waals surface area (Å²) in [6, 6.07) is 28.5. The van der Waals surface area contributed by atoms with Crippen LogP contribution in [0, 0.1) is 5.92 Å². The Morgan fingerprint density at radius 2 is 1.03 bits per heavy atom. The first-order valence-corrected chi connectivity index (χ1v) is 11.7. The molecular formula is C31H34. The Bertz CT molecular complexity index is 1140. The topological polar surface area (TPSA) is 0 Å². The molecule has 1 atom stereocenters. The van der Waals surface area contributed by atoms with Gasteiger partial charge in [-0.15, -0.1) is 0 Å². The van der Waals surface area contributed by atoms with Gasteiger partial charge in [-0.2, -0.15) is 0 Å². The SMILES string of the molecule is CC.CC.CC1C=C(c2c3ccccc3c(-c3ccccc3)c3ccccc23)C=CC1. The molecule has 1 unspecified atom stereocenters. The van der Waals surface area contributed by atoms with Crippen molar-refractivity contribution in [2.75, 3.05) is 0 Å². The van der Waals surface area contributed by atoms with Crippen LogP contribution in [0.5, 0.6) is 0 Å². The van der Waals surface area contributed by atoms with E-state index in [2.05, 4.69) is 104 Å². The van der Waals surface area contributed by atoms with Gasteiger partial charge in [-0.1, -0.05) is 132 Å². The smallest absolute Gasteiger partial charge is 0.00264 e. The molecule has 4 aromatic rings. The van der Waals surface area contributed by atoms with Gasteiger partial charge in [-0.3, -0.25) is 0 Å². The lowest BCUT2D eigenvalue weighted by Crippen LogP contribution is -1.98. The summed E-state index contributed by atoms with van der Waals surface area (Å²) in [5.74, 6) is 0.580. The van der Waals surface area contributed by atoms with Crippen LogP contribution in [-0.2, 0) is 0 Å². The molecule has 0 N–H and O–H groups in total. The molecule has 0 spiro atoms. The molecule has 0 aliphatic heterocycles. The van der Waals surface area contributed by atoms with Crippen molar-refractivity contribution in [2.45, 2.75) is 41.0 Å². The summed E-state index contributed by atoms with van der Waals surface area (Å²) in [5.41, 5.74) is 5.32. The average molecular weight is 407 g/mol. The highest BCUT2D eigenvalue weighted by atomic mass is 14.2. The van der Waals surface area contributed by atoms with Gasteiger partial charge in [0.15, 0.2) is 0 Å². The molecule has 0 amide bonds. The maximum atomic E-state index is 2.43. The summed E-state index contributed by atoms with van der Waals surface area (Å²) >= 11 is 0. The number of hydrogen-bond donors (Lipinski definition) is 0. The fourth-order valence-corrected chi connectivity index (χ4v) is 4.36. The van der Waals surface area contributed by atoms with Gasteiger partial charge in [0.05, 0.1) is 0 Å². The van der Waals surface area contributed by atoms with E-state index in [9.17, 15) is 0 Å². The number of rotatable bonds is 2. The van der Waals surface area contributed by atoms with E-state index in [1.807, 2.05) is 27.7 Å². The third-order valence-electron chi connectivity index (χ3n) is 5.55. The standard InChI is InChI=1S/C27H22.2C2H6/c1-19-10-9-13-21(18-19)27-24-16-7-5-14-22(24)26(20-11-3-2-4-12-20)23-15-6-8-17-25(23)27;2*1-2/h2-9,11-19H,10H2,1H3;2*1-2H3. The second kappa shape index (κ2) is 10.8. The van der Waals surface area contributed by atoms with Crippen molar-refractivity contribution < 1.29 is 0 Å². The third kappa shape index (κ3) is 4.49. The fourth-order valence-electron chi connectivity index (χ4n) is 4.36. The summed E-state index contributed by atoms with van der Waals surface area (Å²) in [5, 5.41) is 5.31. The second-order valence-electron chi connectivity index (χ2n) is 7.44. The molecule has 4 aromatic carbocycles. The number of benzene rings is 4. The highest BCUT2D eigenvalue weighted by Gasteiger charge is 2.17. The van der Waals surface area contributed by atoms with Crippen LogP contribution < -0.4 is 0 Å². The van der Waals surface area contributed by atoms with Crippen LogP contribution in [0.2, 0.25) is 0 Å². The van der Waals surface area contributed by atoms with E-state index in [0.717, 1.165) is 6.42 Å². The highest BCUT2D eigenvalue weighted by molar-refractivity contribution is 6.19. The summed E-state index contributed by atoms with van der Waals surface area (Å²) in [6.45, 7) is 10.3. The van der Waals surface area contributed by atoms with Crippen LogP contribution >= 0.6 is 0 Å². The number of allylic oxidation sites excluding steroid dienone is 4. The second-order valence-corrected chi connectivity index (χ2v) is 7.44. The van der Waals surface area contributed by atoms with E-state index in [0.29, 0.717) is 5.92 Å². The Morgan fingerprint density at radius 1 is 0.581 bits per heavy atom. The predicted molar refractivity (Wildman–Crippen MR) is 140 cm³/mol. The van der Waals surface area contributed by atoms with Crippen molar-refractivity contribution in [3.63, 3.8) is 0 Å². The molecule has 158 valence electrons. The molecule has 1 aliphatic carbocycles. The van der Waals surface area contributed by atoms with Crippen molar-refractivity contribution in [1.29, 1.82) is 0 Å². The minimum Gasteiger partial charge on any atom is -0.0834 e. The van der Waals surface area contributed by atoms with Crippen LogP contribution in [-0.4, -0.2) is 0 Å². The Hall–Kier alpha value is -3.12. The largest absolute Gasteiger partial charge is 0.0834 e. The monoisotopic (exact) mass is 406 g/mol. The maximum Gasteiger partial charge on any atom is -0.00264 e. The van der Waals surface area contributed by atoms with E-state index < -0.39 is 0 Å². The van der Waals surface area contributed by atoms with E-state index >= 15 is 0 Å². The molecule has 5 rings (SSSR count). The van der Waals surface area contributed by atoms with Gasteiger partial charge in [0, 0.05) is 0 Å². The van der Waals surface area contributed by atoms with Crippen LogP contribution in [0.1, 0.15) is 46.6 Å². The lowest BCUT2D eigenvalue weighted by Gasteiger charge is -2.20. The molecule has 0 bridgehead atoms. The predicted octanol–water partition coefficient (Wildman–Crippen LogP) is 9.69. The van der Waals surface area contributed by atoms with Crippen molar-refractivity contribution in [1.82, 2.24) is 0 Å². The highest BCUT2D eigenvalue weighted by Crippen LogP contribution is 2.42. The lowest BCUT2D eigenvalue weighted by atomic mass is 9.83. The molecule has 0 saturated heterocycles. The molecule has 0 fully saturated rings. The van der Waals surface area contributed by atoms with Crippen molar-refractivity contribution in [2.24, 2.45) is 5.92 Å². The molecule has 1 aliphatic rings. The normalized spacial score (nSPS) is 14.9. The molecule has 31 heavy (non-hydrogen) atoms. The summed E-state index contributed by atoms with van der Waals surface area (Å²) in [4.78, 5) is 0. The van der Waals surface area contributed by atoms with Crippen molar-refractivity contribution in [3.8, 4) is 11.1 Å². The maximum absolute atomic E-state index is 2.43. The van der Waals surface area contributed by atoms with Gasteiger partial charge in [-0.25, -0.2) is 0 Å². The Kier molecular flexibility index (Phi) is 7.84. The van der Waals surface area contributed by atoms with Crippen molar-refractivity contribution >= 4 is 27.1 Å². The van der Waals surface area contributed by atoms with Crippen LogP contribution in [0.15, 0.2) is 97.1 Å². The molecule has 0 saturated carbocycles. The summed E-state index contributed by atoms with van der Waals surface area (Å²) in [6.07, 6.45) is 8.17. The lowest BCUT2D eigenvalue weighted by molar-refractivity contribution is 0.740. The first-order chi connectivity index (χ1) is 15.3. The Labute approximate surface area is 187 Å². The summed E-state index contributed by atoms with van der Waals surface area (Å²) in [7, 11) is 0. The number of fused-ring (bicyclic) bond motifs is 2. The van der Waals surface area contributed by atoms with E-state index in [4.69, 9.17) is 0 Å². The quantitative estimate of drug-likeness (QED) is 0.291. The zero-order chi connectivity index (χ0) is 22.2. The molecule has 0 aromatic heterocycles.